The molecule has 2 rings (SSSR count). The van der Waals surface area contributed by atoms with Crippen LogP contribution in [0, 0.1) is 0 Å². The number of amides is 1. The number of aromatic nitrogens is 3. The molecule has 0 radical (unpaired) electrons. The fraction of sp³-hybridized carbons (Fsp3) is 0.231. The summed E-state index contributed by atoms with van der Waals surface area (Å²) in [5.41, 5.74) is 1.31. The molecule has 0 saturated heterocycles. The fourth-order valence-electron chi connectivity index (χ4n) is 1.63. The smallest absolute Gasteiger partial charge is 0.274 e. The van der Waals surface area contributed by atoms with Gasteiger partial charge in [-0.2, -0.15) is 0 Å². The van der Waals surface area contributed by atoms with E-state index in [1.807, 2.05) is 19.1 Å². The lowest BCUT2D eigenvalue weighted by molar-refractivity contribution is 0.0745. The molecule has 1 amide bonds. The minimum atomic E-state index is -0.163. The number of nitrogens with zero attached hydrogens (tertiary/aromatic N) is 4. The van der Waals surface area contributed by atoms with Crippen molar-refractivity contribution in [3.8, 4) is 0 Å². The highest BCUT2D eigenvalue weighted by Gasteiger charge is 2.16. The second-order valence-corrected chi connectivity index (χ2v) is 4.30. The largest absolute Gasteiger partial charge is 0.333 e. The van der Waals surface area contributed by atoms with E-state index >= 15 is 0 Å². The van der Waals surface area contributed by atoms with Crippen LogP contribution in [0.5, 0.6) is 0 Å². The lowest BCUT2D eigenvalue weighted by Gasteiger charge is -2.20. The van der Waals surface area contributed by atoms with E-state index < -0.39 is 0 Å². The summed E-state index contributed by atoms with van der Waals surface area (Å²) in [6.07, 6.45) is 3.41. The Morgan fingerprint density at radius 3 is 2.53 bits per heavy atom. The molecular weight excluding hydrogens is 264 g/mol. The molecule has 0 aliphatic rings. The van der Waals surface area contributed by atoms with E-state index in [4.69, 9.17) is 11.6 Å². The molecule has 2 heterocycles. The first kappa shape index (κ1) is 13.4. The van der Waals surface area contributed by atoms with Gasteiger partial charge in [0.05, 0.1) is 0 Å². The van der Waals surface area contributed by atoms with Crippen molar-refractivity contribution in [3.05, 3.63) is 53.1 Å². The van der Waals surface area contributed by atoms with Gasteiger partial charge in [-0.15, -0.1) is 10.2 Å². The number of halogens is 1. The Kier molecular flexibility index (Phi) is 4.41. The fourth-order valence-corrected chi connectivity index (χ4v) is 1.73. The first-order valence-corrected chi connectivity index (χ1v) is 6.26. The van der Waals surface area contributed by atoms with E-state index in [1.165, 1.54) is 0 Å². The predicted molar refractivity (Wildman–Crippen MR) is 71.7 cm³/mol. The first-order valence-electron chi connectivity index (χ1n) is 5.88. The number of carbonyl (C=O) groups is 1. The molecule has 0 atom stereocenters. The molecule has 6 heteroatoms. The molecule has 98 valence electrons. The molecule has 0 spiro atoms. The number of rotatable bonds is 4. The van der Waals surface area contributed by atoms with Crippen molar-refractivity contribution < 1.29 is 4.79 Å². The van der Waals surface area contributed by atoms with Gasteiger partial charge in [-0.1, -0.05) is 11.6 Å². The molecule has 0 aromatic carbocycles. The summed E-state index contributed by atoms with van der Waals surface area (Å²) >= 11 is 5.65. The van der Waals surface area contributed by atoms with Gasteiger partial charge in [-0.25, -0.2) is 0 Å². The molecule has 19 heavy (non-hydrogen) atoms. The molecular formula is C13H13ClN4O. The van der Waals surface area contributed by atoms with Crippen molar-refractivity contribution in [2.24, 2.45) is 0 Å². The van der Waals surface area contributed by atoms with E-state index in [2.05, 4.69) is 15.2 Å². The summed E-state index contributed by atoms with van der Waals surface area (Å²) in [6.45, 7) is 3.02. The van der Waals surface area contributed by atoms with Crippen LogP contribution in [-0.4, -0.2) is 32.5 Å². The first-order chi connectivity index (χ1) is 9.20. The average Bonchev–Trinajstić information content (AvgIpc) is 2.46. The van der Waals surface area contributed by atoms with E-state index in [0.29, 0.717) is 18.8 Å². The van der Waals surface area contributed by atoms with E-state index in [0.717, 1.165) is 5.56 Å². The molecule has 0 N–H and O–H groups in total. The normalized spacial score (nSPS) is 10.2. The molecule has 0 unspecified atom stereocenters. The second kappa shape index (κ2) is 6.24. The van der Waals surface area contributed by atoms with E-state index in [1.54, 1.807) is 29.4 Å². The van der Waals surface area contributed by atoms with Gasteiger partial charge in [0.15, 0.2) is 10.8 Å². The van der Waals surface area contributed by atoms with Crippen molar-refractivity contribution in [1.82, 2.24) is 20.1 Å². The van der Waals surface area contributed by atoms with Crippen LogP contribution < -0.4 is 0 Å². The third kappa shape index (κ3) is 3.48. The Labute approximate surface area is 116 Å². The van der Waals surface area contributed by atoms with E-state index in [-0.39, 0.29) is 11.1 Å². The van der Waals surface area contributed by atoms with Crippen molar-refractivity contribution in [3.63, 3.8) is 0 Å². The van der Waals surface area contributed by atoms with Crippen LogP contribution in [0.3, 0.4) is 0 Å². The maximum atomic E-state index is 12.3. The maximum absolute atomic E-state index is 12.3. The number of hydrogen-bond acceptors (Lipinski definition) is 4. The number of carbonyl (C=O) groups excluding carboxylic acids is 1. The highest BCUT2D eigenvalue weighted by molar-refractivity contribution is 6.29. The number of pyridine rings is 1. The summed E-state index contributed by atoms with van der Waals surface area (Å²) in [4.78, 5) is 17.9. The van der Waals surface area contributed by atoms with Crippen molar-refractivity contribution >= 4 is 17.5 Å². The molecule has 2 aromatic heterocycles. The van der Waals surface area contributed by atoms with E-state index in [9.17, 15) is 4.79 Å². The zero-order chi connectivity index (χ0) is 13.7. The van der Waals surface area contributed by atoms with Crippen LogP contribution in [0.25, 0.3) is 0 Å². The Morgan fingerprint density at radius 2 is 1.95 bits per heavy atom. The minimum absolute atomic E-state index is 0.163. The third-order valence-electron chi connectivity index (χ3n) is 2.64. The Morgan fingerprint density at radius 1 is 1.21 bits per heavy atom. The van der Waals surface area contributed by atoms with Crippen molar-refractivity contribution in [1.29, 1.82) is 0 Å². The predicted octanol–water partition coefficient (Wildman–Crippen LogP) is 2.19. The number of hydrogen-bond donors (Lipinski definition) is 0. The van der Waals surface area contributed by atoms with Crippen LogP contribution >= 0.6 is 11.6 Å². The van der Waals surface area contributed by atoms with Crippen LogP contribution in [-0.2, 0) is 6.54 Å². The van der Waals surface area contributed by atoms with Crippen LogP contribution in [0.4, 0.5) is 0 Å². The Hall–Kier alpha value is -2.01. The van der Waals surface area contributed by atoms with Crippen LogP contribution in [0.15, 0.2) is 36.7 Å². The summed E-state index contributed by atoms with van der Waals surface area (Å²) in [6, 6.07) is 6.89. The third-order valence-corrected chi connectivity index (χ3v) is 2.84. The maximum Gasteiger partial charge on any atom is 0.274 e. The molecule has 0 fully saturated rings. The minimum Gasteiger partial charge on any atom is -0.333 e. The SMILES string of the molecule is CCN(Cc1ccncc1)C(=O)c1ccc(Cl)nn1. The van der Waals surface area contributed by atoms with Crippen LogP contribution in [0.1, 0.15) is 23.0 Å². The summed E-state index contributed by atoms with van der Waals surface area (Å²) < 4.78 is 0. The zero-order valence-electron chi connectivity index (χ0n) is 10.5. The van der Waals surface area contributed by atoms with Gasteiger partial charge in [0.2, 0.25) is 0 Å². The Bertz CT molecular complexity index is 544. The molecule has 5 nitrogen and oxygen atoms in total. The van der Waals surface area contributed by atoms with Crippen molar-refractivity contribution in [2.45, 2.75) is 13.5 Å². The van der Waals surface area contributed by atoms with Gasteiger partial charge in [-0.3, -0.25) is 9.78 Å². The Balaban J connectivity index is 2.13. The highest BCUT2D eigenvalue weighted by Crippen LogP contribution is 2.09. The van der Waals surface area contributed by atoms with Gasteiger partial charge in [0.25, 0.3) is 5.91 Å². The highest BCUT2D eigenvalue weighted by atomic mass is 35.5. The molecule has 0 bridgehead atoms. The zero-order valence-corrected chi connectivity index (χ0v) is 11.2. The lowest BCUT2D eigenvalue weighted by Crippen LogP contribution is -2.31. The average molecular weight is 277 g/mol. The quantitative estimate of drug-likeness (QED) is 0.859. The second-order valence-electron chi connectivity index (χ2n) is 3.92. The molecule has 0 aliphatic heterocycles. The van der Waals surface area contributed by atoms with Crippen LogP contribution in [0.2, 0.25) is 5.15 Å². The van der Waals surface area contributed by atoms with Gasteiger partial charge in [0, 0.05) is 25.5 Å². The van der Waals surface area contributed by atoms with Gasteiger partial charge >= 0.3 is 0 Å². The monoisotopic (exact) mass is 276 g/mol. The molecule has 0 aliphatic carbocycles. The summed E-state index contributed by atoms with van der Waals surface area (Å²) in [5, 5.41) is 7.76. The standard InChI is InChI=1S/C13H13ClN4O/c1-2-18(9-10-5-7-15-8-6-10)13(19)11-3-4-12(14)17-16-11/h3-8H,2,9H2,1H3. The van der Waals surface area contributed by atoms with Crippen molar-refractivity contribution in [2.75, 3.05) is 6.54 Å². The lowest BCUT2D eigenvalue weighted by atomic mass is 10.2. The summed E-state index contributed by atoms with van der Waals surface area (Å²) in [5.74, 6) is -0.163. The summed E-state index contributed by atoms with van der Waals surface area (Å²) in [7, 11) is 0. The molecule has 0 saturated carbocycles. The van der Waals surface area contributed by atoms with Gasteiger partial charge < -0.3 is 4.90 Å². The molecule has 2 aromatic rings. The topological polar surface area (TPSA) is 59.0 Å². The van der Waals surface area contributed by atoms with Gasteiger partial charge in [0.1, 0.15) is 0 Å². The van der Waals surface area contributed by atoms with Gasteiger partial charge in [-0.05, 0) is 36.8 Å².